The molecule has 0 atom stereocenters. The number of benzene rings is 2. The van der Waals surface area contributed by atoms with Crippen LogP contribution in [-0.2, 0) is 0 Å². The molecular weight excluding hydrogens is 304 g/mol. The van der Waals surface area contributed by atoms with Crippen LogP contribution >= 0.6 is 0 Å². The molecule has 0 aromatic heterocycles. The van der Waals surface area contributed by atoms with Crippen LogP contribution in [0.1, 0.15) is 37.0 Å². The van der Waals surface area contributed by atoms with Gasteiger partial charge >= 0.3 is 0 Å². The number of para-hydroxylation sites is 2. The monoisotopic (exact) mass is 328 g/mol. The highest BCUT2D eigenvalue weighted by Gasteiger charge is 2.13. The van der Waals surface area contributed by atoms with Crippen molar-refractivity contribution >= 4 is 17.3 Å². The van der Waals surface area contributed by atoms with Crippen molar-refractivity contribution in [2.24, 2.45) is 0 Å². The van der Waals surface area contributed by atoms with Gasteiger partial charge in [-0.15, -0.1) is 0 Å². The van der Waals surface area contributed by atoms with E-state index in [9.17, 15) is 4.79 Å². The summed E-state index contributed by atoms with van der Waals surface area (Å²) in [5.74, 6) is 0.997. The van der Waals surface area contributed by atoms with Gasteiger partial charge in [0.1, 0.15) is 0 Å². The predicted molar refractivity (Wildman–Crippen MR) is 96.8 cm³/mol. The van der Waals surface area contributed by atoms with Crippen LogP contribution in [0.4, 0.5) is 11.4 Å². The molecule has 2 aromatic carbocycles. The average molecular weight is 328 g/mol. The zero-order chi connectivity index (χ0) is 17.4. The molecule has 0 radical (unpaired) electrons. The van der Waals surface area contributed by atoms with E-state index < -0.39 is 0 Å². The fourth-order valence-electron chi connectivity index (χ4n) is 2.11. The van der Waals surface area contributed by atoms with E-state index in [2.05, 4.69) is 5.32 Å². The van der Waals surface area contributed by atoms with Crippen LogP contribution in [-0.4, -0.2) is 19.1 Å². The van der Waals surface area contributed by atoms with Crippen molar-refractivity contribution in [3.05, 3.63) is 48.0 Å². The zero-order valence-corrected chi connectivity index (χ0v) is 14.2. The van der Waals surface area contributed by atoms with Gasteiger partial charge in [-0.25, -0.2) is 0 Å². The van der Waals surface area contributed by atoms with Gasteiger partial charge in [-0.05, 0) is 43.2 Å². The lowest BCUT2D eigenvalue weighted by Gasteiger charge is -2.14. The SMILES string of the molecule is CCCOc1ccc(C(=O)Nc2ccccc2N)cc1OCCC. The molecule has 0 spiro atoms. The molecular formula is C19H24N2O3. The van der Waals surface area contributed by atoms with Crippen LogP contribution in [0.25, 0.3) is 0 Å². The summed E-state index contributed by atoms with van der Waals surface area (Å²) >= 11 is 0. The second-order valence-corrected chi connectivity index (χ2v) is 5.40. The predicted octanol–water partition coefficient (Wildman–Crippen LogP) is 4.10. The van der Waals surface area contributed by atoms with E-state index in [4.69, 9.17) is 15.2 Å². The molecule has 0 aliphatic heterocycles. The summed E-state index contributed by atoms with van der Waals surface area (Å²) in [7, 11) is 0. The van der Waals surface area contributed by atoms with Gasteiger partial charge in [0.15, 0.2) is 11.5 Å². The Balaban J connectivity index is 2.19. The van der Waals surface area contributed by atoms with E-state index in [0.29, 0.717) is 41.7 Å². The largest absolute Gasteiger partial charge is 0.490 e. The molecule has 24 heavy (non-hydrogen) atoms. The molecule has 0 aliphatic carbocycles. The van der Waals surface area contributed by atoms with Gasteiger partial charge in [0.25, 0.3) is 5.91 Å². The van der Waals surface area contributed by atoms with Crippen molar-refractivity contribution in [2.75, 3.05) is 24.3 Å². The Kier molecular flexibility index (Phi) is 6.49. The molecule has 128 valence electrons. The van der Waals surface area contributed by atoms with E-state index >= 15 is 0 Å². The smallest absolute Gasteiger partial charge is 0.255 e. The third-order valence-electron chi connectivity index (χ3n) is 3.34. The maximum atomic E-state index is 12.5. The molecule has 0 saturated carbocycles. The number of hydrogen-bond acceptors (Lipinski definition) is 4. The van der Waals surface area contributed by atoms with Crippen LogP contribution in [0.5, 0.6) is 11.5 Å². The van der Waals surface area contributed by atoms with Crippen LogP contribution in [0.2, 0.25) is 0 Å². The number of anilines is 2. The lowest BCUT2D eigenvalue weighted by atomic mass is 10.1. The summed E-state index contributed by atoms with van der Waals surface area (Å²) in [4.78, 5) is 12.5. The molecule has 5 nitrogen and oxygen atoms in total. The third kappa shape index (κ3) is 4.65. The van der Waals surface area contributed by atoms with E-state index in [-0.39, 0.29) is 5.91 Å². The molecule has 3 N–H and O–H groups in total. The number of nitrogen functional groups attached to an aromatic ring is 1. The van der Waals surface area contributed by atoms with E-state index in [1.54, 1.807) is 30.3 Å². The summed E-state index contributed by atoms with van der Waals surface area (Å²) in [6.45, 7) is 5.24. The summed E-state index contributed by atoms with van der Waals surface area (Å²) in [5.41, 5.74) is 7.47. The molecule has 2 aromatic rings. The number of amides is 1. The third-order valence-corrected chi connectivity index (χ3v) is 3.34. The lowest BCUT2D eigenvalue weighted by molar-refractivity contribution is 0.102. The first-order valence-electron chi connectivity index (χ1n) is 8.21. The summed E-state index contributed by atoms with van der Waals surface area (Å²) in [6, 6.07) is 12.3. The van der Waals surface area contributed by atoms with Crippen LogP contribution < -0.4 is 20.5 Å². The number of nitrogens with two attached hydrogens (primary N) is 1. The highest BCUT2D eigenvalue weighted by molar-refractivity contribution is 6.06. The van der Waals surface area contributed by atoms with Crippen molar-refractivity contribution < 1.29 is 14.3 Å². The Hall–Kier alpha value is -2.69. The number of carbonyl (C=O) groups is 1. The minimum Gasteiger partial charge on any atom is -0.490 e. The maximum absolute atomic E-state index is 12.5. The Morgan fingerprint density at radius 2 is 1.67 bits per heavy atom. The van der Waals surface area contributed by atoms with Crippen molar-refractivity contribution in [1.82, 2.24) is 0 Å². The molecule has 2 rings (SSSR count). The summed E-state index contributed by atoms with van der Waals surface area (Å²) in [6.07, 6.45) is 1.78. The standard InChI is InChI=1S/C19H24N2O3/c1-3-11-23-17-10-9-14(13-18(17)24-12-4-2)19(22)21-16-8-6-5-7-15(16)20/h5-10,13H,3-4,11-12,20H2,1-2H3,(H,21,22). The number of rotatable bonds is 8. The van der Waals surface area contributed by atoms with Gasteiger partial charge in [-0.1, -0.05) is 26.0 Å². The second kappa shape index (κ2) is 8.82. The summed E-state index contributed by atoms with van der Waals surface area (Å²) in [5, 5.41) is 2.81. The van der Waals surface area contributed by atoms with Gasteiger partial charge in [-0.2, -0.15) is 0 Å². The highest BCUT2D eigenvalue weighted by atomic mass is 16.5. The number of nitrogens with one attached hydrogen (secondary N) is 1. The topological polar surface area (TPSA) is 73.6 Å². The maximum Gasteiger partial charge on any atom is 0.255 e. The van der Waals surface area contributed by atoms with E-state index in [0.717, 1.165) is 12.8 Å². The summed E-state index contributed by atoms with van der Waals surface area (Å²) < 4.78 is 11.4. The molecule has 5 heteroatoms. The second-order valence-electron chi connectivity index (χ2n) is 5.40. The van der Waals surface area contributed by atoms with Crippen LogP contribution in [0.15, 0.2) is 42.5 Å². The van der Waals surface area contributed by atoms with Crippen molar-refractivity contribution in [2.45, 2.75) is 26.7 Å². The van der Waals surface area contributed by atoms with Gasteiger partial charge in [0.05, 0.1) is 24.6 Å². The molecule has 1 amide bonds. The Morgan fingerprint density at radius 1 is 1.00 bits per heavy atom. The molecule has 0 bridgehead atoms. The average Bonchev–Trinajstić information content (AvgIpc) is 2.60. The number of carbonyl (C=O) groups excluding carboxylic acids is 1. The molecule has 0 saturated heterocycles. The molecule has 0 heterocycles. The Bertz CT molecular complexity index is 686. The molecule has 0 fully saturated rings. The minimum atomic E-state index is -0.240. The first-order valence-corrected chi connectivity index (χ1v) is 8.21. The van der Waals surface area contributed by atoms with E-state index in [1.165, 1.54) is 0 Å². The zero-order valence-electron chi connectivity index (χ0n) is 14.2. The number of ether oxygens (including phenoxy) is 2. The Labute approximate surface area is 142 Å². The van der Waals surface area contributed by atoms with Crippen molar-refractivity contribution in [3.8, 4) is 11.5 Å². The van der Waals surface area contributed by atoms with Crippen molar-refractivity contribution in [3.63, 3.8) is 0 Å². The van der Waals surface area contributed by atoms with Crippen LogP contribution in [0, 0.1) is 0 Å². The van der Waals surface area contributed by atoms with Gasteiger partial charge < -0.3 is 20.5 Å². The molecule has 0 unspecified atom stereocenters. The van der Waals surface area contributed by atoms with Crippen LogP contribution in [0.3, 0.4) is 0 Å². The quantitative estimate of drug-likeness (QED) is 0.716. The first-order chi connectivity index (χ1) is 11.7. The highest BCUT2D eigenvalue weighted by Crippen LogP contribution is 2.29. The fourth-order valence-corrected chi connectivity index (χ4v) is 2.11. The molecule has 0 aliphatic rings. The normalized spacial score (nSPS) is 10.2. The van der Waals surface area contributed by atoms with E-state index in [1.807, 2.05) is 26.0 Å². The lowest BCUT2D eigenvalue weighted by Crippen LogP contribution is -2.13. The van der Waals surface area contributed by atoms with Crippen molar-refractivity contribution in [1.29, 1.82) is 0 Å². The fraction of sp³-hybridized carbons (Fsp3) is 0.316. The first kappa shape index (κ1) is 17.7. The number of hydrogen-bond donors (Lipinski definition) is 2. The Morgan fingerprint density at radius 3 is 2.33 bits per heavy atom. The van der Waals surface area contributed by atoms with Gasteiger partial charge in [-0.3, -0.25) is 4.79 Å². The van der Waals surface area contributed by atoms with Gasteiger partial charge in [0, 0.05) is 5.56 Å². The minimum absolute atomic E-state index is 0.240. The van der Waals surface area contributed by atoms with Gasteiger partial charge in [0.2, 0.25) is 0 Å².